The van der Waals surface area contributed by atoms with E-state index in [2.05, 4.69) is 41.4 Å². The summed E-state index contributed by atoms with van der Waals surface area (Å²) in [6, 6.07) is 8.40. The van der Waals surface area contributed by atoms with Gasteiger partial charge in [0.15, 0.2) is 0 Å². The summed E-state index contributed by atoms with van der Waals surface area (Å²) >= 11 is 0. The molecule has 0 unspecified atom stereocenters. The molecule has 2 fully saturated rings. The van der Waals surface area contributed by atoms with Gasteiger partial charge >= 0.3 is 0 Å². The number of anilines is 1. The zero-order valence-corrected chi connectivity index (χ0v) is 14.2. The van der Waals surface area contributed by atoms with Crippen molar-refractivity contribution in [2.24, 2.45) is 5.41 Å². The van der Waals surface area contributed by atoms with Gasteiger partial charge in [-0.05, 0) is 31.5 Å². The number of rotatable bonds is 4. The average molecular weight is 317 g/mol. The van der Waals surface area contributed by atoms with E-state index in [4.69, 9.17) is 4.74 Å². The molecule has 0 saturated carbocycles. The van der Waals surface area contributed by atoms with Gasteiger partial charge in [0.05, 0.1) is 18.6 Å². The topological polar surface area (TPSA) is 44.8 Å². The lowest BCUT2D eigenvalue weighted by molar-refractivity contribution is -0.139. The fraction of sp³-hybridized carbons (Fsp3) is 0.611. The van der Waals surface area contributed by atoms with Crippen LogP contribution in [0.2, 0.25) is 0 Å². The van der Waals surface area contributed by atoms with E-state index in [0.717, 1.165) is 45.8 Å². The van der Waals surface area contributed by atoms with Crippen molar-refractivity contribution < 1.29 is 9.53 Å². The molecule has 0 bridgehead atoms. The average Bonchev–Trinajstić information content (AvgIpc) is 3.03. The van der Waals surface area contributed by atoms with Crippen molar-refractivity contribution in [2.45, 2.75) is 19.9 Å². The first-order valence-electron chi connectivity index (χ1n) is 8.47. The minimum Gasteiger partial charge on any atom is -0.378 e. The fourth-order valence-electron chi connectivity index (χ4n) is 3.54. The summed E-state index contributed by atoms with van der Waals surface area (Å²) in [6.45, 7) is 7.80. The molecule has 1 N–H and O–H groups in total. The number of benzene rings is 1. The van der Waals surface area contributed by atoms with E-state index in [-0.39, 0.29) is 11.3 Å². The lowest BCUT2D eigenvalue weighted by atomic mass is 9.88. The van der Waals surface area contributed by atoms with Crippen LogP contribution < -0.4 is 10.2 Å². The van der Waals surface area contributed by atoms with Crippen molar-refractivity contribution in [3.05, 3.63) is 29.8 Å². The summed E-state index contributed by atoms with van der Waals surface area (Å²) in [5.41, 5.74) is 2.17. The van der Waals surface area contributed by atoms with Crippen molar-refractivity contribution in [1.82, 2.24) is 10.2 Å². The number of hydrogen-bond donors (Lipinski definition) is 1. The van der Waals surface area contributed by atoms with Gasteiger partial charge in [0, 0.05) is 38.9 Å². The van der Waals surface area contributed by atoms with E-state index in [1.807, 2.05) is 11.9 Å². The smallest absolute Gasteiger partial charge is 0.229 e. The highest BCUT2D eigenvalue weighted by atomic mass is 16.5. The van der Waals surface area contributed by atoms with Crippen LogP contribution in [0.15, 0.2) is 24.3 Å². The Morgan fingerprint density at radius 3 is 2.78 bits per heavy atom. The molecule has 0 aromatic heterocycles. The zero-order valence-electron chi connectivity index (χ0n) is 14.2. The maximum atomic E-state index is 12.8. The highest BCUT2D eigenvalue weighted by Crippen LogP contribution is 2.29. The molecule has 2 saturated heterocycles. The highest BCUT2D eigenvalue weighted by Gasteiger charge is 2.38. The maximum absolute atomic E-state index is 12.8. The Bertz CT molecular complexity index is 549. The summed E-state index contributed by atoms with van der Waals surface area (Å²) in [5, 5.41) is 3.31. The third-order valence-electron chi connectivity index (χ3n) is 4.98. The second-order valence-electron chi connectivity index (χ2n) is 6.88. The van der Waals surface area contributed by atoms with Crippen molar-refractivity contribution >= 4 is 11.6 Å². The van der Waals surface area contributed by atoms with Crippen molar-refractivity contribution in [2.75, 3.05) is 51.3 Å². The maximum Gasteiger partial charge on any atom is 0.229 e. The van der Waals surface area contributed by atoms with Crippen LogP contribution in [-0.4, -0.2) is 57.2 Å². The third-order valence-corrected chi connectivity index (χ3v) is 4.98. The minimum absolute atomic E-state index is 0.235. The van der Waals surface area contributed by atoms with Crippen LogP contribution in [0.1, 0.15) is 18.9 Å². The molecule has 1 aromatic rings. The molecule has 1 atom stereocenters. The number of morpholine rings is 1. The van der Waals surface area contributed by atoms with Gasteiger partial charge in [0.1, 0.15) is 0 Å². The Morgan fingerprint density at radius 2 is 2.09 bits per heavy atom. The van der Waals surface area contributed by atoms with Crippen molar-refractivity contribution in [3.8, 4) is 0 Å². The molecule has 5 heteroatoms. The van der Waals surface area contributed by atoms with E-state index in [1.54, 1.807) is 0 Å². The first-order chi connectivity index (χ1) is 11.1. The predicted molar refractivity (Wildman–Crippen MR) is 91.5 cm³/mol. The van der Waals surface area contributed by atoms with Gasteiger partial charge in [-0.1, -0.05) is 18.2 Å². The molecule has 23 heavy (non-hydrogen) atoms. The van der Waals surface area contributed by atoms with Gasteiger partial charge < -0.3 is 19.9 Å². The quantitative estimate of drug-likeness (QED) is 0.914. The van der Waals surface area contributed by atoms with E-state index in [0.29, 0.717) is 6.54 Å². The molecular formula is C18H27N3O2. The monoisotopic (exact) mass is 317 g/mol. The number of carbonyl (C=O) groups is 1. The van der Waals surface area contributed by atoms with E-state index >= 15 is 0 Å². The van der Waals surface area contributed by atoms with Crippen LogP contribution in [-0.2, 0) is 16.1 Å². The summed E-state index contributed by atoms with van der Waals surface area (Å²) in [6.07, 6.45) is 0.918. The molecule has 1 aromatic carbocycles. The Morgan fingerprint density at radius 1 is 1.35 bits per heavy atom. The van der Waals surface area contributed by atoms with Crippen LogP contribution in [0.3, 0.4) is 0 Å². The molecule has 2 heterocycles. The van der Waals surface area contributed by atoms with E-state index in [9.17, 15) is 4.79 Å². The Hall–Kier alpha value is -1.59. The fourth-order valence-corrected chi connectivity index (χ4v) is 3.54. The predicted octanol–water partition coefficient (Wildman–Crippen LogP) is 1.48. The second-order valence-corrected chi connectivity index (χ2v) is 6.88. The van der Waals surface area contributed by atoms with Gasteiger partial charge in [-0.2, -0.15) is 0 Å². The molecule has 0 aliphatic carbocycles. The zero-order chi connectivity index (χ0) is 16.3. The number of carbonyl (C=O) groups excluding carboxylic acids is 1. The summed E-state index contributed by atoms with van der Waals surface area (Å²) in [4.78, 5) is 17.0. The largest absolute Gasteiger partial charge is 0.378 e. The number of amides is 1. The Balaban J connectivity index is 1.73. The normalized spacial score (nSPS) is 24.7. The molecule has 1 amide bonds. The number of hydrogen-bond acceptors (Lipinski definition) is 4. The molecule has 0 spiro atoms. The van der Waals surface area contributed by atoms with Crippen LogP contribution in [0.5, 0.6) is 0 Å². The van der Waals surface area contributed by atoms with Crippen molar-refractivity contribution in [1.29, 1.82) is 0 Å². The molecule has 0 radical (unpaired) electrons. The van der Waals surface area contributed by atoms with Crippen molar-refractivity contribution in [3.63, 3.8) is 0 Å². The standard InChI is InChI=1S/C18H27N3O2/c1-18(7-8-19-14-18)17(22)20(2)13-15-5-3-4-6-16(15)21-9-11-23-12-10-21/h3-6,19H,7-14H2,1-2H3/t18-/m1/s1. The van der Waals surface area contributed by atoms with Gasteiger partial charge in [-0.15, -0.1) is 0 Å². The third kappa shape index (κ3) is 3.51. The first kappa shape index (κ1) is 16.3. The molecule has 126 valence electrons. The summed E-state index contributed by atoms with van der Waals surface area (Å²) in [5.74, 6) is 0.235. The second kappa shape index (κ2) is 6.89. The lowest BCUT2D eigenvalue weighted by Crippen LogP contribution is -2.42. The van der Waals surface area contributed by atoms with Crippen LogP contribution in [0, 0.1) is 5.41 Å². The van der Waals surface area contributed by atoms with Crippen LogP contribution in [0.4, 0.5) is 5.69 Å². The van der Waals surface area contributed by atoms with Gasteiger partial charge in [-0.25, -0.2) is 0 Å². The van der Waals surface area contributed by atoms with E-state index in [1.165, 1.54) is 11.3 Å². The van der Waals surface area contributed by atoms with Gasteiger partial charge in [-0.3, -0.25) is 4.79 Å². The molecule has 2 aliphatic rings. The molecule has 5 nitrogen and oxygen atoms in total. The number of para-hydroxylation sites is 1. The molecular weight excluding hydrogens is 290 g/mol. The lowest BCUT2D eigenvalue weighted by Gasteiger charge is -2.33. The van der Waals surface area contributed by atoms with Crippen LogP contribution in [0.25, 0.3) is 0 Å². The minimum atomic E-state index is -0.261. The van der Waals surface area contributed by atoms with Gasteiger partial charge in [0.25, 0.3) is 0 Å². The summed E-state index contributed by atoms with van der Waals surface area (Å²) < 4.78 is 5.45. The molecule has 2 aliphatic heterocycles. The Kier molecular flexibility index (Phi) is 4.87. The molecule has 3 rings (SSSR count). The van der Waals surface area contributed by atoms with Gasteiger partial charge in [0.2, 0.25) is 5.91 Å². The number of nitrogens with zero attached hydrogens (tertiary/aromatic N) is 2. The highest BCUT2D eigenvalue weighted by molar-refractivity contribution is 5.83. The van der Waals surface area contributed by atoms with Crippen LogP contribution >= 0.6 is 0 Å². The Labute approximate surface area is 138 Å². The number of nitrogens with one attached hydrogen (secondary N) is 1. The van der Waals surface area contributed by atoms with E-state index < -0.39 is 0 Å². The SMILES string of the molecule is CN(Cc1ccccc1N1CCOCC1)C(=O)[C@]1(C)CCNC1. The summed E-state index contributed by atoms with van der Waals surface area (Å²) in [7, 11) is 1.92. The first-order valence-corrected chi connectivity index (χ1v) is 8.47. The number of ether oxygens (including phenoxy) is 1.